The van der Waals surface area contributed by atoms with Gasteiger partial charge in [-0.2, -0.15) is 0 Å². The monoisotopic (exact) mass is 607 g/mol. The fourth-order valence-electron chi connectivity index (χ4n) is 4.58. The molecular weight excluding hydrogens is 579 g/mol. The Morgan fingerprint density at radius 1 is 1.07 bits per heavy atom. The van der Waals surface area contributed by atoms with Gasteiger partial charge in [-0.05, 0) is 73.7 Å². The second-order valence-corrected chi connectivity index (χ2v) is 10.8. The molecule has 2 heterocycles. The zero-order chi connectivity index (χ0) is 30.4. The van der Waals surface area contributed by atoms with E-state index in [1.807, 2.05) is 55.5 Å². The Kier molecular flexibility index (Phi) is 9.15. The van der Waals surface area contributed by atoms with Crippen molar-refractivity contribution in [1.82, 2.24) is 20.1 Å². The van der Waals surface area contributed by atoms with E-state index < -0.39 is 6.36 Å². The number of ether oxygens (including phenoxy) is 1. The van der Waals surface area contributed by atoms with Crippen LogP contribution in [0.5, 0.6) is 5.75 Å². The van der Waals surface area contributed by atoms with Crippen molar-refractivity contribution < 1.29 is 27.5 Å². The zero-order valence-corrected chi connectivity index (χ0v) is 24.0. The number of benzene rings is 3. The molecule has 0 spiro atoms. The molecule has 5 rings (SSSR count). The van der Waals surface area contributed by atoms with Gasteiger partial charge in [-0.25, -0.2) is 9.67 Å². The van der Waals surface area contributed by atoms with Gasteiger partial charge in [-0.3, -0.25) is 14.5 Å². The highest BCUT2D eigenvalue weighted by atomic mass is 32.2. The van der Waals surface area contributed by atoms with Gasteiger partial charge in [0.15, 0.2) is 5.82 Å². The standard InChI is InChI=1S/C31H28F3N5O3S/c1-21-7-2-3-11-26(21)39-28(41)19-43-29(39)18-27(40)35-16-5-4-8-22-9-6-10-23(17-22)30-36-20-38(37-30)24-12-14-25(15-13-24)42-31(32,33)34/h2-3,6-7,9-15,17-18,20H,4-5,8,16,19H2,1H3,(H,35,40)/b29-18-. The van der Waals surface area contributed by atoms with Crippen LogP contribution >= 0.6 is 11.8 Å². The van der Waals surface area contributed by atoms with E-state index in [2.05, 4.69) is 20.1 Å². The van der Waals surface area contributed by atoms with Crippen molar-refractivity contribution in [3.63, 3.8) is 0 Å². The molecule has 0 atom stereocenters. The first-order valence-corrected chi connectivity index (χ1v) is 14.5. The highest BCUT2D eigenvalue weighted by Gasteiger charge is 2.31. The maximum Gasteiger partial charge on any atom is 0.573 e. The summed E-state index contributed by atoms with van der Waals surface area (Å²) in [6.45, 7) is 2.44. The summed E-state index contributed by atoms with van der Waals surface area (Å²) in [5, 5.41) is 8.00. The summed E-state index contributed by atoms with van der Waals surface area (Å²) in [4.78, 5) is 31.0. The van der Waals surface area contributed by atoms with Gasteiger partial charge in [-0.15, -0.1) is 18.3 Å². The molecule has 1 N–H and O–H groups in total. The minimum atomic E-state index is -4.75. The number of anilines is 1. The Morgan fingerprint density at radius 2 is 1.86 bits per heavy atom. The Labute approximate surface area is 250 Å². The third-order valence-electron chi connectivity index (χ3n) is 6.63. The highest BCUT2D eigenvalue weighted by Crippen LogP contribution is 2.35. The van der Waals surface area contributed by atoms with Crippen molar-refractivity contribution in [2.45, 2.75) is 32.5 Å². The fraction of sp³-hybridized carbons (Fsp3) is 0.226. The van der Waals surface area contributed by atoms with E-state index in [-0.39, 0.29) is 17.6 Å². The lowest BCUT2D eigenvalue weighted by molar-refractivity contribution is -0.274. The summed E-state index contributed by atoms with van der Waals surface area (Å²) in [5.41, 5.74) is 4.20. The Hall–Kier alpha value is -4.58. The van der Waals surface area contributed by atoms with Crippen LogP contribution in [0, 0.1) is 6.92 Å². The maximum atomic E-state index is 12.6. The van der Waals surface area contributed by atoms with Gasteiger partial charge in [0, 0.05) is 18.2 Å². The Morgan fingerprint density at radius 3 is 2.63 bits per heavy atom. The molecule has 8 nitrogen and oxygen atoms in total. The van der Waals surface area contributed by atoms with Crippen LogP contribution in [0.3, 0.4) is 0 Å². The minimum absolute atomic E-state index is 0.0452. The number of carbonyl (C=O) groups excluding carboxylic acids is 2. The van der Waals surface area contributed by atoms with Gasteiger partial charge in [-0.1, -0.05) is 48.2 Å². The maximum absolute atomic E-state index is 12.6. The Balaban J connectivity index is 1.11. The van der Waals surface area contributed by atoms with Crippen molar-refractivity contribution in [3.05, 3.63) is 101 Å². The SMILES string of the molecule is Cc1ccccc1N1C(=O)CS/C1=C\C(=O)NCCCCc1cccc(-c2ncn(-c3ccc(OC(F)(F)F)cc3)n2)c1. The number of hydrogen-bond acceptors (Lipinski definition) is 6. The van der Waals surface area contributed by atoms with Gasteiger partial charge in [0.05, 0.1) is 22.2 Å². The summed E-state index contributed by atoms with van der Waals surface area (Å²) in [5.74, 6) is 0.199. The molecule has 0 aliphatic carbocycles. The molecular formula is C31H28F3N5O3S. The van der Waals surface area contributed by atoms with E-state index in [1.54, 1.807) is 4.90 Å². The van der Waals surface area contributed by atoms with Gasteiger partial charge < -0.3 is 10.1 Å². The number of nitrogens with one attached hydrogen (secondary N) is 1. The second kappa shape index (κ2) is 13.2. The number of unbranched alkanes of at least 4 members (excludes halogenated alkanes) is 1. The van der Waals surface area contributed by atoms with Crippen LogP contribution in [0.4, 0.5) is 18.9 Å². The largest absolute Gasteiger partial charge is 0.573 e. The third-order valence-corrected chi connectivity index (χ3v) is 7.62. The molecule has 0 unspecified atom stereocenters. The number of carbonyl (C=O) groups is 2. The van der Waals surface area contributed by atoms with Crippen molar-refractivity contribution in [1.29, 1.82) is 0 Å². The molecule has 2 amide bonds. The van der Waals surface area contributed by atoms with Crippen molar-refractivity contribution in [3.8, 4) is 22.8 Å². The number of aryl methyl sites for hydroxylation is 2. The molecule has 0 saturated carbocycles. The summed E-state index contributed by atoms with van der Waals surface area (Å²) in [7, 11) is 0. The molecule has 12 heteroatoms. The summed E-state index contributed by atoms with van der Waals surface area (Å²) < 4.78 is 42.6. The number of hydrogen-bond donors (Lipinski definition) is 1. The quantitative estimate of drug-likeness (QED) is 0.171. The van der Waals surface area contributed by atoms with Crippen LogP contribution in [0.25, 0.3) is 17.1 Å². The van der Waals surface area contributed by atoms with Crippen LogP contribution in [0.1, 0.15) is 24.0 Å². The minimum Gasteiger partial charge on any atom is -0.406 e. The van der Waals surface area contributed by atoms with Crippen molar-refractivity contribution in [2.75, 3.05) is 17.2 Å². The summed E-state index contributed by atoms with van der Waals surface area (Å²) in [6, 6.07) is 20.8. The van der Waals surface area contributed by atoms with Gasteiger partial charge in [0.2, 0.25) is 11.8 Å². The van der Waals surface area contributed by atoms with Crippen molar-refractivity contribution in [2.24, 2.45) is 0 Å². The lowest BCUT2D eigenvalue weighted by Crippen LogP contribution is -2.27. The Bertz CT molecular complexity index is 1640. The first-order chi connectivity index (χ1) is 20.7. The van der Waals surface area contributed by atoms with Crippen molar-refractivity contribution >= 4 is 29.3 Å². The van der Waals surface area contributed by atoms with E-state index in [0.717, 1.165) is 41.6 Å². The number of halogens is 3. The molecule has 1 fully saturated rings. The highest BCUT2D eigenvalue weighted by molar-refractivity contribution is 8.04. The number of para-hydroxylation sites is 1. The molecule has 1 aliphatic rings. The number of thioether (sulfide) groups is 1. The molecule has 3 aromatic carbocycles. The fourth-order valence-corrected chi connectivity index (χ4v) is 5.50. The third kappa shape index (κ3) is 7.83. The average molecular weight is 608 g/mol. The normalized spacial score (nSPS) is 14.4. The second-order valence-electron chi connectivity index (χ2n) is 9.79. The van der Waals surface area contributed by atoms with E-state index in [1.165, 1.54) is 53.1 Å². The molecule has 1 aliphatic heterocycles. The number of rotatable bonds is 10. The first-order valence-electron chi connectivity index (χ1n) is 13.5. The molecule has 43 heavy (non-hydrogen) atoms. The predicted molar refractivity (Wildman–Crippen MR) is 159 cm³/mol. The van der Waals surface area contributed by atoms with Crippen LogP contribution < -0.4 is 15.0 Å². The van der Waals surface area contributed by atoms with E-state index in [0.29, 0.717) is 28.8 Å². The summed E-state index contributed by atoms with van der Waals surface area (Å²) >= 11 is 1.36. The number of nitrogens with zero attached hydrogens (tertiary/aromatic N) is 4. The van der Waals surface area contributed by atoms with Crippen LogP contribution in [0.15, 0.2) is 90.2 Å². The summed E-state index contributed by atoms with van der Waals surface area (Å²) in [6.07, 6.45) is 0.644. The number of aromatic nitrogens is 3. The van der Waals surface area contributed by atoms with Crippen LogP contribution in [-0.4, -0.2) is 45.2 Å². The number of amides is 2. The first kappa shape index (κ1) is 29.9. The molecule has 0 radical (unpaired) electrons. The molecule has 0 bridgehead atoms. The van der Waals surface area contributed by atoms with Crippen LogP contribution in [0.2, 0.25) is 0 Å². The van der Waals surface area contributed by atoms with E-state index >= 15 is 0 Å². The smallest absolute Gasteiger partial charge is 0.406 e. The molecule has 4 aromatic rings. The molecule has 222 valence electrons. The lowest BCUT2D eigenvalue weighted by Gasteiger charge is -2.19. The van der Waals surface area contributed by atoms with Gasteiger partial charge in [0.1, 0.15) is 12.1 Å². The average Bonchev–Trinajstić information content (AvgIpc) is 3.60. The molecule has 1 aromatic heterocycles. The number of alkyl halides is 3. The van der Waals surface area contributed by atoms with E-state index in [4.69, 9.17) is 0 Å². The topological polar surface area (TPSA) is 89.4 Å². The molecule has 1 saturated heterocycles. The van der Waals surface area contributed by atoms with E-state index in [9.17, 15) is 22.8 Å². The zero-order valence-electron chi connectivity index (χ0n) is 23.2. The van der Waals surface area contributed by atoms with Gasteiger partial charge in [0.25, 0.3) is 0 Å². The van der Waals surface area contributed by atoms with Gasteiger partial charge >= 0.3 is 6.36 Å². The predicted octanol–water partition coefficient (Wildman–Crippen LogP) is 6.20. The van der Waals surface area contributed by atoms with Crippen LogP contribution in [-0.2, 0) is 16.0 Å². The lowest BCUT2D eigenvalue weighted by atomic mass is 10.0.